The third-order valence-corrected chi connectivity index (χ3v) is 5.60. The topological polar surface area (TPSA) is 99.0 Å². The second-order valence-corrected chi connectivity index (χ2v) is 8.66. The van der Waals surface area contributed by atoms with Gasteiger partial charge in [-0.3, -0.25) is 14.7 Å². The summed E-state index contributed by atoms with van der Waals surface area (Å²) in [6.07, 6.45) is 2.30. The first-order chi connectivity index (χ1) is 15.8. The summed E-state index contributed by atoms with van der Waals surface area (Å²) in [5.41, 5.74) is 1.78. The van der Waals surface area contributed by atoms with Crippen molar-refractivity contribution in [2.75, 3.05) is 26.7 Å². The van der Waals surface area contributed by atoms with Gasteiger partial charge in [-0.2, -0.15) is 0 Å². The molecule has 3 rings (SSSR count). The Morgan fingerprint density at radius 1 is 1.33 bits per heavy atom. The quantitative estimate of drug-likeness (QED) is 0.642. The van der Waals surface area contributed by atoms with Gasteiger partial charge in [0.2, 0.25) is 5.88 Å². The summed E-state index contributed by atoms with van der Waals surface area (Å²) in [6, 6.07) is 7.12. The monoisotopic (exact) mass is 452 g/mol. The van der Waals surface area contributed by atoms with Crippen LogP contribution >= 0.6 is 0 Å². The lowest BCUT2D eigenvalue weighted by molar-refractivity contribution is 0.0324. The molecule has 0 saturated carbocycles. The summed E-state index contributed by atoms with van der Waals surface area (Å²) in [7, 11) is 2.01. The number of likely N-dealkylation sites (N-methyl/N-ethyl adjacent to an activating group) is 1. The third-order valence-electron chi connectivity index (χ3n) is 5.60. The second-order valence-electron chi connectivity index (χ2n) is 8.66. The molecule has 2 aromatic rings. The normalized spacial score (nSPS) is 20.1. The van der Waals surface area contributed by atoms with Crippen LogP contribution in [0.1, 0.15) is 42.4 Å². The van der Waals surface area contributed by atoms with Gasteiger partial charge in [-0.1, -0.05) is 24.8 Å². The fourth-order valence-electron chi connectivity index (χ4n) is 3.72. The van der Waals surface area contributed by atoms with Gasteiger partial charge in [0.05, 0.1) is 18.3 Å². The van der Waals surface area contributed by atoms with Gasteiger partial charge >= 0.3 is 0 Å². The maximum Gasteiger partial charge on any atom is 0.259 e. The molecule has 4 atom stereocenters. The Morgan fingerprint density at radius 3 is 2.79 bits per heavy atom. The minimum absolute atomic E-state index is 0.00112. The molecular formula is C25H32N4O4. The number of hydrogen-bond donors (Lipinski definition) is 2. The zero-order chi connectivity index (χ0) is 24.0. The zero-order valence-corrected chi connectivity index (χ0v) is 19.6. The number of carbonyl (C=O) groups excluding carboxylic acids is 1. The van der Waals surface area contributed by atoms with Gasteiger partial charge in [0, 0.05) is 43.5 Å². The number of hydrogen-bond acceptors (Lipinski definition) is 7. The SMILES string of the molecule is C[C@H](O)C#Cc1cnc2c(c1)C(=O)N([C@H](C)CO)C[C@H](C)[C@@H](CN(C)Cc1ccccn1)O2. The van der Waals surface area contributed by atoms with Crippen LogP contribution in [0.4, 0.5) is 0 Å². The number of amides is 1. The highest BCUT2D eigenvalue weighted by molar-refractivity contribution is 5.97. The van der Waals surface area contributed by atoms with E-state index in [0.717, 1.165) is 5.69 Å². The number of carbonyl (C=O) groups is 1. The lowest BCUT2D eigenvalue weighted by Gasteiger charge is -2.37. The average molecular weight is 453 g/mol. The Kier molecular flexibility index (Phi) is 8.39. The minimum atomic E-state index is -0.787. The molecule has 1 aliphatic rings. The van der Waals surface area contributed by atoms with Crippen molar-refractivity contribution in [1.82, 2.24) is 19.8 Å². The van der Waals surface area contributed by atoms with Crippen molar-refractivity contribution in [1.29, 1.82) is 0 Å². The van der Waals surface area contributed by atoms with Crippen LogP contribution in [0.3, 0.4) is 0 Å². The molecular weight excluding hydrogens is 420 g/mol. The number of aliphatic hydroxyl groups excluding tert-OH is 2. The molecule has 0 fully saturated rings. The largest absolute Gasteiger partial charge is 0.472 e. The molecule has 0 radical (unpaired) electrons. The van der Waals surface area contributed by atoms with E-state index >= 15 is 0 Å². The molecule has 0 saturated heterocycles. The van der Waals surface area contributed by atoms with Crippen molar-refractivity contribution in [3.05, 3.63) is 53.5 Å². The fraction of sp³-hybridized carbons (Fsp3) is 0.480. The van der Waals surface area contributed by atoms with Crippen molar-refractivity contribution in [3.63, 3.8) is 0 Å². The summed E-state index contributed by atoms with van der Waals surface area (Å²) in [4.78, 5) is 26.0. The molecule has 0 aromatic carbocycles. The standard InChI is InChI=1S/C25H32N4O4/c1-17-13-29(18(2)16-30)25(32)22-11-20(9-8-19(3)31)12-27-24(22)33-23(17)15-28(4)14-21-7-5-6-10-26-21/h5-7,10-12,17-19,23,30-31H,13-16H2,1-4H3/t17-,18+,19-,23+/m0/s1. The molecule has 0 spiro atoms. The smallest absolute Gasteiger partial charge is 0.259 e. The number of nitrogens with zero attached hydrogens (tertiary/aromatic N) is 4. The highest BCUT2D eigenvalue weighted by Gasteiger charge is 2.34. The Balaban J connectivity index is 1.91. The van der Waals surface area contributed by atoms with Crippen LogP contribution < -0.4 is 4.74 Å². The van der Waals surface area contributed by atoms with Gasteiger partial charge in [0.25, 0.3) is 5.91 Å². The first kappa shape index (κ1) is 24.6. The zero-order valence-electron chi connectivity index (χ0n) is 19.6. The van der Waals surface area contributed by atoms with Gasteiger partial charge in [-0.15, -0.1) is 0 Å². The average Bonchev–Trinajstić information content (AvgIpc) is 2.80. The van der Waals surface area contributed by atoms with Crippen LogP contribution in [-0.4, -0.2) is 80.9 Å². The Bertz CT molecular complexity index is 1000. The Morgan fingerprint density at radius 2 is 2.12 bits per heavy atom. The van der Waals surface area contributed by atoms with E-state index in [1.54, 1.807) is 30.3 Å². The number of aromatic nitrogens is 2. The van der Waals surface area contributed by atoms with Crippen LogP contribution in [0.25, 0.3) is 0 Å². The summed E-state index contributed by atoms with van der Waals surface area (Å²) >= 11 is 0. The highest BCUT2D eigenvalue weighted by atomic mass is 16.5. The van der Waals surface area contributed by atoms with E-state index in [9.17, 15) is 15.0 Å². The second kappa shape index (κ2) is 11.2. The summed E-state index contributed by atoms with van der Waals surface area (Å²) in [5.74, 6) is 5.50. The first-order valence-electron chi connectivity index (χ1n) is 11.1. The van der Waals surface area contributed by atoms with Crippen molar-refractivity contribution in [2.24, 2.45) is 5.92 Å². The van der Waals surface area contributed by atoms with Gasteiger partial charge in [0.15, 0.2) is 0 Å². The maximum absolute atomic E-state index is 13.4. The number of ether oxygens (including phenoxy) is 1. The fourth-order valence-corrected chi connectivity index (χ4v) is 3.72. The Labute approximate surface area is 195 Å². The van der Waals surface area contributed by atoms with Crippen molar-refractivity contribution >= 4 is 5.91 Å². The molecule has 0 aliphatic carbocycles. The van der Waals surface area contributed by atoms with Crippen LogP contribution in [0.15, 0.2) is 36.7 Å². The van der Waals surface area contributed by atoms with E-state index in [2.05, 4.69) is 26.7 Å². The molecule has 176 valence electrons. The van der Waals surface area contributed by atoms with E-state index in [1.165, 1.54) is 0 Å². The molecule has 3 heterocycles. The minimum Gasteiger partial charge on any atom is -0.472 e. The summed E-state index contributed by atoms with van der Waals surface area (Å²) in [6.45, 7) is 6.99. The first-order valence-corrected chi connectivity index (χ1v) is 11.1. The molecule has 1 aliphatic heterocycles. The summed E-state index contributed by atoms with van der Waals surface area (Å²) in [5, 5.41) is 19.2. The van der Waals surface area contributed by atoms with Gasteiger partial charge < -0.3 is 19.8 Å². The molecule has 1 amide bonds. The van der Waals surface area contributed by atoms with Gasteiger partial charge in [0.1, 0.15) is 17.8 Å². The van der Waals surface area contributed by atoms with Crippen molar-refractivity contribution in [3.8, 4) is 17.7 Å². The van der Waals surface area contributed by atoms with Gasteiger partial charge in [-0.05, 0) is 39.1 Å². The lowest BCUT2D eigenvalue weighted by Crippen LogP contribution is -2.49. The van der Waals surface area contributed by atoms with E-state index in [0.29, 0.717) is 30.8 Å². The molecule has 0 bridgehead atoms. The number of fused-ring (bicyclic) bond motifs is 1. The summed E-state index contributed by atoms with van der Waals surface area (Å²) < 4.78 is 6.29. The van der Waals surface area contributed by atoms with Crippen LogP contribution in [0, 0.1) is 17.8 Å². The van der Waals surface area contributed by atoms with Crippen LogP contribution in [-0.2, 0) is 6.54 Å². The van der Waals surface area contributed by atoms with E-state index in [1.807, 2.05) is 39.1 Å². The van der Waals surface area contributed by atoms with Gasteiger partial charge in [-0.25, -0.2) is 4.98 Å². The molecule has 8 heteroatoms. The molecule has 33 heavy (non-hydrogen) atoms. The van der Waals surface area contributed by atoms with E-state index in [-0.39, 0.29) is 36.5 Å². The highest BCUT2D eigenvalue weighted by Crippen LogP contribution is 2.27. The number of aliphatic hydroxyl groups is 2. The molecule has 2 N–H and O–H groups in total. The lowest BCUT2D eigenvalue weighted by atomic mass is 10.00. The number of pyridine rings is 2. The molecule has 8 nitrogen and oxygen atoms in total. The van der Waals surface area contributed by atoms with Crippen LogP contribution in [0.5, 0.6) is 5.88 Å². The molecule has 2 aromatic heterocycles. The third kappa shape index (κ3) is 6.51. The predicted molar refractivity (Wildman–Crippen MR) is 125 cm³/mol. The predicted octanol–water partition coefficient (Wildman–Crippen LogP) is 1.56. The van der Waals surface area contributed by atoms with Crippen molar-refractivity contribution < 1.29 is 19.7 Å². The van der Waals surface area contributed by atoms with Crippen LogP contribution in [0.2, 0.25) is 0 Å². The number of rotatable bonds is 6. The molecule has 0 unspecified atom stereocenters. The Hall–Kier alpha value is -2.99. The van der Waals surface area contributed by atoms with E-state index in [4.69, 9.17) is 4.74 Å². The maximum atomic E-state index is 13.4. The van der Waals surface area contributed by atoms with Crippen molar-refractivity contribution in [2.45, 2.75) is 45.6 Å². The van der Waals surface area contributed by atoms with E-state index < -0.39 is 6.10 Å².